The molecular weight excluding hydrogens is 422 g/mol. The molecule has 0 bridgehead atoms. The van der Waals surface area contributed by atoms with Crippen LogP contribution in [0.3, 0.4) is 0 Å². The van der Waals surface area contributed by atoms with Gasteiger partial charge in [-0.3, -0.25) is 0 Å². The number of nitrogens with zero attached hydrogens (tertiary/aromatic N) is 1. The van der Waals surface area contributed by atoms with Crippen molar-refractivity contribution >= 4 is 23.1 Å². The molecule has 0 aliphatic rings. The maximum absolute atomic E-state index is 3.92. The van der Waals surface area contributed by atoms with Crippen molar-refractivity contribution in [2.45, 2.75) is 90.9 Å². The van der Waals surface area contributed by atoms with Crippen LogP contribution in [0.4, 0.5) is 17.1 Å². The van der Waals surface area contributed by atoms with E-state index in [-0.39, 0.29) is 10.8 Å². The lowest BCUT2D eigenvalue weighted by molar-refractivity contribution is 0.403. The number of benzene rings is 3. The molecule has 35 heavy (non-hydrogen) atoms. The zero-order valence-corrected chi connectivity index (χ0v) is 22.9. The highest BCUT2D eigenvalue weighted by Crippen LogP contribution is 2.39. The first-order valence-corrected chi connectivity index (χ1v) is 13.6. The summed E-state index contributed by atoms with van der Waals surface area (Å²) in [7, 11) is 0. The smallest absolute Gasteiger partial charge is 0.0462 e. The van der Waals surface area contributed by atoms with Crippen molar-refractivity contribution < 1.29 is 0 Å². The van der Waals surface area contributed by atoms with Crippen molar-refractivity contribution in [3.63, 3.8) is 0 Å². The lowest BCUT2D eigenvalue weighted by atomic mass is 9.76. The van der Waals surface area contributed by atoms with Crippen LogP contribution in [0.5, 0.6) is 0 Å². The minimum Gasteiger partial charge on any atom is -0.311 e. The van der Waals surface area contributed by atoms with Crippen LogP contribution in [-0.4, -0.2) is 0 Å². The number of anilines is 3. The van der Waals surface area contributed by atoms with Crippen molar-refractivity contribution in [2.24, 2.45) is 0 Å². The SMILES string of the molecule is C=Cc1ccc(N(c2ccc(C(C)(CC)CC)cc2)c2ccc(C(C)(CC)CCCC)cc2)cc1. The molecule has 0 saturated heterocycles. The predicted molar refractivity (Wildman–Crippen MR) is 156 cm³/mol. The lowest BCUT2D eigenvalue weighted by Gasteiger charge is -2.31. The molecule has 1 nitrogen and oxygen atoms in total. The average Bonchev–Trinajstić information content (AvgIpc) is 2.92. The fraction of sp³-hybridized carbons (Fsp3) is 0.412. The molecule has 0 fully saturated rings. The van der Waals surface area contributed by atoms with Crippen LogP contribution in [0.25, 0.3) is 6.08 Å². The molecule has 1 unspecified atom stereocenters. The van der Waals surface area contributed by atoms with Gasteiger partial charge >= 0.3 is 0 Å². The van der Waals surface area contributed by atoms with Gasteiger partial charge in [0.15, 0.2) is 0 Å². The van der Waals surface area contributed by atoms with Gasteiger partial charge in [0.05, 0.1) is 0 Å². The Morgan fingerprint density at radius 2 is 1.03 bits per heavy atom. The largest absolute Gasteiger partial charge is 0.311 e. The van der Waals surface area contributed by atoms with Crippen LogP contribution in [0.2, 0.25) is 0 Å². The van der Waals surface area contributed by atoms with Gasteiger partial charge in [0.2, 0.25) is 0 Å². The van der Waals surface area contributed by atoms with Crippen LogP contribution < -0.4 is 4.90 Å². The van der Waals surface area contributed by atoms with Gasteiger partial charge in [0.25, 0.3) is 0 Å². The molecule has 3 rings (SSSR count). The summed E-state index contributed by atoms with van der Waals surface area (Å²) in [5.74, 6) is 0. The van der Waals surface area contributed by atoms with Gasteiger partial charge in [-0.2, -0.15) is 0 Å². The quantitative estimate of drug-likeness (QED) is 0.256. The molecule has 0 radical (unpaired) electrons. The monoisotopic (exact) mass is 467 g/mol. The third kappa shape index (κ3) is 5.89. The highest BCUT2D eigenvalue weighted by molar-refractivity contribution is 5.77. The minimum atomic E-state index is 0.222. The van der Waals surface area contributed by atoms with Gasteiger partial charge in [0, 0.05) is 17.1 Å². The van der Waals surface area contributed by atoms with E-state index in [2.05, 4.69) is 126 Å². The fourth-order valence-electron chi connectivity index (χ4n) is 4.98. The summed E-state index contributed by atoms with van der Waals surface area (Å²) in [6.07, 6.45) is 9.10. The van der Waals surface area contributed by atoms with Crippen molar-refractivity contribution in [2.75, 3.05) is 4.90 Å². The molecular formula is C34H45N. The summed E-state index contributed by atoms with van der Waals surface area (Å²) in [6, 6.07) is 27.2. The summed E-state index contributed by atoms with van der Waals surface area (Å²) in [5.41, 5.74) is 7.98. The Balaban J connectivity index is 2.03. The van der Waals surface area contributed by atoms with Gasteiger partial charge in [-0.05, 0) is 89.6 Å². The second-order valence-electron chi connectivity index (χ2n) is 10.5. The standard InChI is InChI=1S/C34H45N/c1-8-13-26-34(7,12-5)29-18-24-32(25-19-29)35(30-20-14-27(9-2)15-21-30)31-22-16-28(17-23-31)33(6,10-3)11-4/h9,14-25H,2,8,10-13,26H2,1,3-7H3. The zero-order valence-electron chi connectivity index (χ0n) is 22.9. The highest BCUT2D eigenvalue weighted by atomic mass is 15.1. The van der Waals surface area contributed by atoms with Crippen molar-refractivity contribution in [3.05, 3.63) is 96.1 Å². The molecule has 0 saturated carbocycles. The first-order chi connectivity index (χ1) is 16.8. The van der Waals surface area contributed by atoms with Gasteiger partial charge in [0.1, 0.15) is 0 Å². The first kappa shape index (κ1) is 26.8. The second-order valence-corrected chi connectivity index (χ2v) is 10.5. The molecule has 0 spiro atoms. The molecule has 0 aliphatic carbocycles. The van der Waals surface area contributed by atoms with Gasteiger partial charge in [-0.15, -0.1) is 0 Å². The molecule has 0 aliphatic heterocycles. The van der Waals surface area contributed by atoms with Crippen LogP contribution in [0.1, 0.15) is 96.8 Å². The highest BCUT2D eigenvalue weighted by Gasteiger charge is 2.25. The Hall–Kier alpha value is -2.80. The maximum Gasteiger partial charge on any atom is 0.0462 e. The predicted octanol–water partition coefficient (Wildman–Crippen LogP) is 10.7. The third-order valence-corrected chi connectivity index (χ3v) is 8.45. The van der Waals surface area contributed by atoms with E-state index in [9.17, 15) is 0 Å². The Morgan fingerprint density at radius 3 is 1.40 bits per heavy atom. The number of unbranched alkanes of at least 4 members (excludes halogenated alkanes) is 1. The van der Waals surface area contributed by atoms with E-state index in [4.69, 9.17) is 0 Å². The van der Waals surface area contributed by atoms with Crippen molar-refractivity contribution in [1.82, 2.24) is 0 Å². The van der Waals surface area contributed by atoms with Gasteiger partial charge in [-0.1, -0.05) is 103 Å². The van der Waals surface area contributed by atoms with Crippen LogP contribution in [0, 0.1) is 0 Å². The molecule has 3 aromatic rings. The zero-order chi connectivity index (χ0) is 25.5. The third-order valence-electron chi connectivity index (χ3n) is 8.45. The van der Waals surface area contributed by atoms with E-state index in [0.717, 1.165) is 30.5 Å². The summed E-state index contributed by atoms with van der Waals surface area (Å²) in [5, 5.41) is 0. The van der Waals surface area contributed by atoms with E-state index in [0.29, 0.717) is 0 Å². The minimum absolute atomic E-state index is 0.222. The number of rotatable bonds is 12. The summed E-state index contributed by atoms with van der Waals surface area (Å²) < 4.78 is 0. The molecule has 0 N–H and O–H groups in total. The Bertz CT molecular complexity index is 1060. The first-order valence-electron chi connectivity index (χ1n) is 13.6. The number of hydrogen-bond donors (Lipinski definition) is 0. The van der Waals surface area contributed by atoms with Crippen LogP contribution in [-0.2, 0) is 10.8 Å². The normalized spacial score (nSPS) is 13.3. The molecule has 0 heterocycles. The fourth-order valence-corrected chi connectivity index (χ4v) is 4.98. The van der Waals surface area contributed by atoms with Crippen LogP contribution >= 0.6 is 0 Å². The maximum atomic E-state index is 3.92. The van der Waals surface area contributed by atoms with E-state index in [1.54, 1.807) is 0 Å². The van der Waals surface area contributed by atoms with E-state index in [1.165, 1.54) is 41.8 Å². The lowest BCUT2D eigenvalue weighted by Crippen LogP contribution is -2.21. The summed E-state index contributed by atoms with van der Waals surface area (Å²) in [6.45, 7) is 17.9. The second kappa shape index (κ2) is 11.8. The van der Waals surface area contributed by atoms with Crippen LogP contribution in [0.15, 0.2) is 79.4 Å². The molecule has 0 amide bonds. The Labute approximate surface area is 214 Å². The average molecular weight is 468 g/mol. The van der Waals surface area contributed by atoms with E-state index in [1.807, 2.05) is 6.08 Å². The molecule has 3 aromatic carbocycles. The molecule has 1 heteroatoms. The number of hydrogen-bond acceptors (Lipinski definition) is 1. The van der Waals surface area contributed by atoms with E-state index >= 15 is 0 Å². The topological polar surface area (TPSA) is 3.24 Å². The molecule has 1 atom stereocenters. The Kier molecular flexibility index (Phi) is 9.00. The van der Waals surface area contributed by atoms with Crippen molar-refractivity contribution in [3.8, 4) is 0 Å². The van der Waals surface area contributed by atoms with E-state index < -0.39 is 0 Å². The van der Waals surface area contributed by atoms with Gasteiger partial charge < -0.3 is 4.90 Å². The summed E-state index contributed by atoms with van der Waals surface area (Å²) >= 11 is 0. The molecule has 186 valence electrons. The Morgan fingerprint density at radius 1 is 0.629 bits per heavy atom. The molecule has 0 aromatic heterocycles. The summed E-state index contributed by atoms with van der Waals surface area (Å²) in [4.78, 5) is 2.37. The van der Waals surface area contributed by atoms with Crippen molar-refractivity contribution in [1.29, 1.82) is 0 Å². The van der Waals surface area contributed by atoms with Gasteiger partial charge in [-0.25, -0.2) is 0 Å².